The van der Waals surface area contributed by atoms with Crippen molar-refractivity contribution in [2.24, 2.45) is 0 Å². The van der Waals surface area contributed by atoms with Crippen LogP contribution in [0, 0.1) is 12.7 Å². The molecule has 0 saturated carbocycles. The molecule has 0 aliphatic heterocycles. The van der Waals surface area contributed by atoms with Gasteiger partial charge in [-0.1, -0.05) is 114 Å². The van der Waals surface area contributed by atoms with Crippen molar-refractivity contribution in [3.8, 4) is 57.1 Å². The molecule has 0 spiro atoms. The molecular formula is C60H58N8O2. The van der Waals surface area contributed by atoms with E-state index in [0.29, 0.717) is 34.4 Å². The van der Waals surface area contributed by atoms with Crippen LogP contribution in [-0.2, 0) is 10.8 Å². The number of ether oxygens (including phenoxy) is 2. The number of benzene rings is 6. The van der Waals surface area contributed by atoms with Crippen molar-refractivity contribution in [1.29, 1.82) is 0 Å². The summed E-state index contributed by atoms with van der Waals surface area (Å²) in [5.74, 6) is 2.67. The van der Waals surface area contributed by atoms with Crippen LogP contribution in [0.5, 0.6) is 23.0 Å². The third-order valence-corrected chi connectivity index (χ3v) is 12.6. The minimum atomic E-state index is -0.167. The molecule has 0 radical (unpaired) electrons. The van der Waals surface area contributed by atoms with E-state index in [1.165, 1.54) is 0 Å². The minimum absolute atomic E-state index is 0.167. The maximum absolute atomic E-state index is 6.75. The largest absolute Gasteiger partial charge is 0.458 e. The molecule has 0 amide bonds. The van der Waals surface area contributed by atoms with Crippen molar-refractivity contribution < 1.29 is 18.6 Å². The summed E-state index contributed by atoms with van der Waals surface area (Å²) in [7, 11) is 8.26. The number of para-hydroxylation sites is 8. The molecule has 6 aromatic carbocycles. The number of fused-ring (bicyclic) bond motifs is 2. The van der Waals surface area contributed by atoms with Crippen molar-refractivity contribution in [2.45, 2.75) is 52.4 Å². The summed E-state index contributed by atoms with van der Waals surface area (Å²) in [5, 5.41) is 0. The number of anilines is 2. The van der Waals surface area contributed by atoms with E-state index >= 15 is 0 Å². The fraction of sp³-hybridized carbons (Fsp3) is 0.200. The summed E-state index contributed by atoms with van der Waals surface area (Å²) in [4.78, 5) is 13.8. The molecule has 4 heterocycles. The molecule has 70 heavy (non-hydrogen) atoms. The molecule has 0 saturated heterocycles. The van der Waals surface area contributed by atoms with Crippen molar-refractivity contribution in [3.05, 3.63) is 194 Å². The van der Waals surface area contributed by atoms with Crippen LogP contribution in [0.1, 0.15) is 52.7 Å². The second-order valence-electron chi connectivity index (χ2n) is 20.2. The van der Waals surface area contributed by atoms with E-state index in [4.69, 9.17) is 19.4 Å². The Kier molecular flexibility index (Phi) is 11.7. The molecule has 10 heteroatoms. The molecule has 0 unspecified atom stereocenters. The average Bonchev–Trinajstić information content (AvgIpc) is 3.93. The van der Waals surface area contributed by atoms with Crippen LogP contribution >= 0.6 is 0 Å². The Balaban J connectivity index is 0.976. The third kappa shape index (κ3) is 8.96. The third-order valence-electron chi connectivity index (χ3n) is 12.6. The lowest BCUT2D eigenvalue weighted by molar-refractivity contribution is -0.572. The highest BCUT2D eigenvalue weighted by molar-refractivity contribution is 5.79. The van der Waals surface area contributed by atoms with Gasteiger partial charge in [-0.15, -0.1) is 0 Å². The summed E-state index contributed by atoms with van der Waals surface area (Å²) < 4.78 is 22.0. The zero-order valence-electron chi connectivity index (χ0n) is 41.6. The molecule has 10 aromatic rings. The summed E-state index contributed by atoms with van der Waals surface area (Å²) in [6.45, 7) is 13.3. The first-order valence-corrected chi connectivity index (χ1v) is 23.6. The van der Waals surface area contributed by atoms with Crippen molar-refractivity contribution in [1.82, 2.24) is 19.1 Å². The fourth-order valence-corrected chi connectivity index (χ4v) is 8.83. The monoisotopic (exact) mass is 922 g/mol. The Labute approximate surface area is 410 Å². The molecule has 0 aliphatic rings. The number of pyridine rings is 2. The summed E-state index contributed by atoms with van der Waals surface area (Å²) in [6, 6.07) is 54.0. The Morgan fingerprint density at radius 3 is 1.23 bits per heavy atom. The number of imidazole rings is 2. The van der Waals surface area contributed by atoms with Crippen LogP contribution in [0.15, 0.2) is 170 Å². The Morgan fingerprint density at radius 2 is 0.829 bits per heavy atom. The normalized spacial score (nSPS) is 11.9. The van der Waals surface area contributed by atoms with Crippen LogP contribution in [0.25, 0.3) is 56.2 Å². The second kappa shape index (κ2) is 18.0. The molecule has 350 valence electrons. The number of rotatable bonds is 11. The lowest BCUT2D eigenvalue weighted by Crippen LogP contribution is -2.30. The minimum Gasteiger partial charge on any atom is -0.458 e. The standard InChI is InChI=1S/C60H58N8O2/c1-59(2,3)41-31-43(65-39-67(57-25-17-15-23-55(57)65)53-21-13-11-19-51(53)63(7)8)35-47(33-41)69-45-27-29-61-49(37-45)50-38-46(28-30-62-50)70-48-34-42(60(4,5)6)32-44(36-48)66-40-68(58-26-18-16-24-56(58)66)54-22-14-12-20-52(54)64(9)10/h11-38H,1-10H3. The van der Waals surface area contributed by atoms with Crippen LogP contribution in [0.3, 0.4) is 0 Å². The van der Waals surface area contributed by atoms with Gasteiger partial charge in [-0.3, -0.25) is 28.2 Å². The molecule has 4 aromatic heterocycles. The Morgan fingerprint density at radius 1 is 0.443 bits per heavy atom. The van der Waals surface area contributed by atoms with E-state index in [9.17, 15) is 0 Å². The van der Waals surface area contributed by atoms with Gasteiger partial charge in [0.05, 0.1) is 56.2 Å². The smallest absolute Gasteiger partial charge is 0.269 e. The summed E-state index contributed by atoms with van der Waals surface area (Å²) in [6.07, 6.45) is 10.9. The molecule has 10 nitrogen and oxygen atoms in total. The van der Waals surface area contributed by atoms with Gasteiger partial charge >= 0.3 is 0 Å². The SMILES string of the molecule is CN(C)c1ccccc1-n1[c-][n+](-c2cc(Oc3ccnc(-c4cc(Oc5cc(-[n+]6[c-]n(-c7ccccc7N(C)C)c7ccccc76)cc(C(C)(C)C)c5)ccn4)c3)cc(C(C)(C)C)c2)c2ccccc21. The van der Waals surface area contributed by atoms with Crippen LogP contribution < -0.4 is 28.4 Å². The van der Waals surface area contributed by atoms with Crippen molar-refractivity contribution in [2.75, 3.05) is 38.0 Å². The molecule has 0 fully saturated rings. The van der Waals surface area contributed by atoms with Crippen LogP contribution in [-0.4, -0.2) is 47.3 Å². The van der Waals surface area contributed by atoms with Gasteiger partial charge in [-0.05, 0) is 94.8 Å². The van der Waals surface area contributed by atoms with Crippen LogP contribution in [0.2, 0.25) is 0 Å². The summed E-state index contributed by atoms with van der Waals surface area (Å²) >= 11 is 0. The van der Waals surface area contributed by atoms with Gasteiger partial charge in [0, 0.05) is 64.1 Å². The predicted molar refractivity (Wildman–Crippen MR) is 281 cm³/mol. The van der Waals surface area contributed by atoms with Gasteiger partial charge in [0.25, 0.3) is 12.7 Å². The van der Waals surface area contributed by atoms with E-state index < -0.39 is 0 Å². The molecule has 0 aliphatic carbocycles. The fourth-order valence-electron chi connectivity index (χ4n) is 8.83. The predicted octanol–water partition coefficient (Wildman–Crippen LogP) is 12.5. The quantitative estimate of drug-likeness (QED) is 0.0951. The van der Waals surface area contributed by atoms with Crippen molar-refractivity contribution in [3.63, 3.8) is 0 Å². The topological polar surface area (TPSA) is 68.3 Å². The van der Waals surface area contributed by atoms with Gasteiger partial charge in [0.15, 0.2) is 0 Å². The highest BCUT2D eigenvalue weighted by atomic mass is 16.5. The van der Waals surface area contributed by atoms with Crippen LogP contribution in [0.4, 0.5) is 11.4 Å². The molecule has 0 N–H and O–H groups in total. The summed E-state index contributed by atoms with van der Waals surface area (Å²) in [5.41, 5.74) is 13.5. The Bertz CT molecular complexity index is 3320. The van der Waals surface area contributed by atoms with Gasteiger partial charge in [0.2, 0.25) is 0 Å². The average molecular weight is 923 g/mol. The zero-order valence-corrected chi connectivity index (χ0v) is 41.6. The van der Waals surface area contributed by atoms with E-state index in [2.05, 4.69) is 244 Å². The molecular weight excluding hydrogens is 865 g/mol. The number of hydrogen-bond donors (Lipinski definition) is 0. The van der Waals surface area contributed by atoms with E-state index in [-0.39, 0.29) is 10.8 Å². The molecule has 0 atom stereocenters. The van der Waals surface area contributed by atoms with E-state index in [1.807, 2.05) is 24.3 Å². The highest BCUT2D eigenvalue weighted by Gasteiger charge is 2.23. The van der Waals surface area contributed by atoms with E-state index in [0.717, 1.165) is 67.3 Å². The first-order valence-electron chi connectivity index (χ1n) is 23.6. The maximum atomic E-state index is 6.75. The lowest BCUT2D eigenvalue weighted by Gasteiger charge is -2.22. The Hall–Kier alpha value is -8.24. The van der Waals surface area contributed by atoms with Gasteiger partial charge in [0.1, 0.15) is 23.0 Å². The number of nitrogens with zero attached hydrogens (tertiary/aromatic N) is 8. The molecule has 10 rings (SSSR count). The van der Waals surface area contributed by atoms with E-state index in [1.54, 1.807) is 12.4 Å². The van der Waals surface area contributed by atoms with Gasteiger partial charge in [-0.2, -0.15) is 0 Å². The highest BCUT2D eigenvalue weighted by Crippen LogP contribution is 2.36. The lowest BCUT2D eigenvalue weighted by atomic mass is 9.86. The maximum Gasteiger partial charge on any atom is 0.269 e. The second-order valence-corrected chi connectivity index (χ2v) is 20.2. The molecule has 0 bridgehead atoms. The first-order chi connectivity index (χ1) is 33.6. The van der Waals surface area contributed by atoms with Gasteiger partial charge in [-0.25, -0.2) is 0 Å². The van der Waals surface area contributed by atoms with Crippen molar-refractivity contribution >= 4 is 33.4 Å². The number of aromatic nitrogens is 6. The van der Waals surface area contributed by atoms with Gasteiger partial charge < -0.3 is 19.3 Å². The first kappa shape index (κ1) is 45.5. The number of hydrogen-bond acceptors (Lipinski definition) is 6. The zero-order chi connectivity index (χ0) is 48.9.